The van der Waals surface area contributed by atoms with Gasteiger partial charge in [-0.2, -0.15) is 0 Å². The van der Waals surface area contributed by atoms with Gasteiger partial charge in [-0.15, -0.1) is 0 Å². The number of benzene rings is 2. The standard InChI is InChI=1S/C21H26O7/c1-25-16-9-7-15(12-19(16)27-3)21(24)20(13-23)28-17-8-6-14(5-4-10-22)11-18(17)26-2/h4-9,11-12,20-24H,10,13H2,1-3H3/t20-,21-/m0/s1. The number of ether oxygens (including phenoxy) is 4. The summed E-state index contributed by atoms with van der Waals surface area (Å²) in [5.74, 6) is 1.82. The molecule has 0 amide bonds. The van der Waals surface area contributed by atoms with E-state index in [-0.39, 0.29) is 6.61 Å². The van der Waals surface area contributed by atoms with Crippen molar-refractivity contribution in [2.45, 2.75) is 12.2 Å². The summed E-state index contributed by atoms with van der Waals surface area (Å²) >= 11 is 0. The van der Waals surface area contributed by atoms with Gasteiger partial charge in [-0.3, -0.25) is 0 Å². The minimum Gasteiger partial charge on any atom is -0.493 e. The highest BCUT2D eigenvalue weighted by Crippen LogP contribution is 2.34. The van der Waals surface area contributed by atoms with Crippen molar-refractivity contribution in [2.24, 2.45) is 0 Å². The molecule has 2 aromatic rings. The van der Waals surface area contributed by atoms with E-state index >= 15 is 0 Å². The number of methoxy groups -OCH3 is 3. The highest BCUT2D eigenvalue weighted by Gasteiger charge is 2.24. The van der Waals surface area contributed by atoms with Gasteiger partial charge in [0.15, 0.2) is 29.1 Å². The Kier molecular flexibility index (Phi) is 8.13. The van der Waals surface area contributed by atoms with Gasteiger partial charge in [0.1, 0.15) is 6.10 Å². The van der Waals surface area contributed by atoms with Crippen molar-refractivity contribution >= 4 is 6.08 Å². The Balaban J connectivity index is 2.25. The number of rotatable bonds is 10. The predicted octanol–water partition coefficient (Wildman–Crippen LogP) is 2.19. The maximum Gasteiger partial charge on any atom is 0.161 e. The fraction of sp³-hybridized carbons (Fsp3) is 0.333. The summed E-state index contributed by atoms with van der Waals surface area (Å²) in [7, 11) is 4.53. The van der Waals surface area contributed by atoms with Crippen LogP contribution in [0.3, 0.4) is 0 Å². The number of aliphatic hydroxyl groups excluding tert-OH is 3. The summed E-state index contributed by atoms with van der Waals surface area (Å²) in [4.78, 5) is 0. The van der Waals surface area contributed by atoms with Crippen LogP contribution in [0.1, 0.15) is 17.2 Å². The second-order valence-electron chi connectivity index (χ2n) is 5.89. The molecular formula is C21H26O7. The van der Waals surface area contributed by atoms with Crippen LogP contribution < -0.4 is 18.9 Å². The second-order valence-corrected chi connectivity index (χ2v) is 5.89. The van der Waals surface area contributed by atoms with Crippen molar-refractivity contribution in [1.82, 2.24) is 0 Å². The molecule has 152 valence electrons. The van der Waals surface area contributed by atoms with E-state index in [4.69, 9.17) is 24.1 Å². The predicted molar refractivity (Wildman–Crippen MR) is 105 cm³/mol. The van der Waals surface area contributed by atoms with Crippen LogP contribution in [0.2, 0.25) is 0 Å². The van der Waals surface area contributed by atoms with E-state index in [9.17, 15) is 10.2 Å². The molecule has 3 N–H and O–H groups in total. The minimum atomic E-state index is -1.11. The zero-order chi connectivity index (χ0) is 20.5. The average Bonchev–Trinajstić information content (AvgIpc) is 2.75. The summed E-state index contributed by atoms with van der Waals surface area (Å²) in [5.41, 5.74) is 1.33. The van der Waals surface area contributed by atoms with Crippen LogP contribution in [0.5, 0.6) is 23.0 Å². The maximum absolute atomic E-state index is 10.7. The van der Waals surface area contributed by atoms with Crippen molar-refractivity contribution < 1.29 is 34.3 Å². The van der Waals surface area contributed by atoms with E-state index in [1.807, 2.05) is 0 Å². The van der Waals surface area contributed by atoms with Crippen molar-refractivity contribution in [1.29, 1.82) is 0 Å². The quantitative estimate of drug-likeness (QED) is 0.572. The lowest BCUT2D eigenvalue weighted by Crippen LogP contribution is -2.29. The fourth-order valence-electron chi connectivity index (χ4n) is 2.69. The van der Waals surface area contributed by atoms with Gasteiger partial charge >= 0.3 is 0 Å². The Bertz CT molecular complexity index is 788. The van der Waals surface area contributed by atoms with Gasteiger partial charge in [0.05, 0.1) is 34.5 Å². The molecule has 2 atom stereocenters. The maximum atomic E-state index is 10.7. The third-order valence-corrected chi connectivity index (χ3v) is 4.16. The van der Waals surface area contributed by atoms with Crippen LogP contribution in [0, 0.1) is 0 Å². The van der Waals surface area contributed by atoms with Gasteiger partial charge in [-0.1, -0.05) is 24.3 Å². The van der Waals surface area contributed by atoms with Gasteiger partial charge < -0.3 is 34.3 Å². The Morgan fingerprint density at radius 2 is 1.50 bits per heavy atom. The summed E-state index contributed by atoms with van der Waals surface area (Å²) in [5, 5.41) is 29.3. The third kappa shape index (κ3) is 5.16. The molecular weight excluding hydrogens is 364 g/mol. The first-order chi connectivity index (χ1) is 13.6. The number of aliphatic hydroxyl groups is 3. The van der Waals surface area contributed by atoms with Crippen LogP contribution in [-0.4, -0.2) is 56.0 Å². The normalized spacial score (nSPS) is 13.2. The summed E-state index contributed by atoms with van der Waals surface area (Å²) in [6, 6.07) is 10.2. The average molecular weight is 390 g/mol. The van der Waals surface area contributed by atoms with Crippen LogP contribution in [0.25, 0.3) is 6.08 Å². The highest BCUT2D eigenvalue weighted by atomic mass is 16.5. The first-order valence-corrected chi connectivity index (χ1v) is 8.70. The molecule has 7 heteroatoms. The monoisotopic (exact) mass is 390 g/mol. The Morgan fingerprint density at radius 3 is 2.11 bits per heavy atom. The molecule has 0 fully saturated rings. The zero-order valence-corrected chi connectivity index (χ0v) is 16.2. The Labute approximate surface area is 164 Å². The van der Waals surface area contributed by atoms with E-state index in [1.54, 1.807) is 48.6 Å². The fourth-order valence-corrected chi connectivity index (χ4v) is 2.69. The second kappa shape index (κ2) is 10.6. The smallest absolute Gasteiger partial charge is 0.161 e. The van der Waals surface area contributed by atoms with E-state index in [2.05, 4.69) is 0 Å². The van der Waals surface area contributed by atoms with Crippen LogP contribution in [0.4, 0.5) is 0 Å². The summed E-state index contributed by atoms with van der Waals surface area (Å²) in [6.07, 6.45) is 1.32. The van der Waals surface area contributed by atoms with Crippen LogP contribution >= 0.6 is 0 Å². The van der Waals surface area contributed by atoms with Gasteiger partial charge in [-0.05, 0) is 35.4 Å². The molecule has 0 saturated heterocycles. The Morgan fingerprint density at radius 1 is 0.857 bits per heavy atom. The molecule has 0 aliphatic heterocycles. The van der Waals surface area contributed by atoms with Gasteiger partial charge in [-0.25, -0.2) is 0 Å². The first kappa shape index (κ1) is 21.6. The van der Waals surface area contributed by atoms with Gasteiger partial charge in [0.25, 0.3) is 0 Å². The highest BCUT2D eigenvalue weighted by molar-refractivity contribution is 5.56. The third-order valence-electron chi connectivity index (χ3n) is 4.16. The number of hydrogen-bond donors (Lipinski definition) is 3. The largest absolute Gasteiger partial charge is 0.493 e. The molecule has 2 aromatic carbocycles. The molecule has 0 heterocycles. The minimum absolute atomic E-state index is 0.0648. The lowest BCUT2D eigenvalue weighted by Gasteiger charge is -2.24. The molecule has 0 aromatic heterocycles. The van der Waals surface area contributed by atoms with Crippen LogP contribution in [0.15, 0.2) is 42.5 Å². The molecule has 0 spiro atoms. The lowest BCUT2D eigenvalue weighted by atomic mass is 10.0. The van der Waals surface area contributed by atoms with Crippen molar-refractivity contribution in [3.8, 4) is 23.0 Å². The summed E-state index contributed by atoms with van der Waals surface area (Å²) in [6.45, 7) is -0.477. The molecule has 0 saturated carbocycles. The van der Waals surface area contributed by atoms with Crippen molar-refractivity contribution in [3.05, 3.63) is 53.6 Å². The first-order valence-electron chi connectivity index (χ1n) is 8.70. The topological polar surface area (TPSA) is 97.6 Å². The Hall–Kier alpha value is -2.74. The van der Waals surface area contributed by atoms with Gasteiger partial charge in [0.2, 0.25) is 0 Å². The SMILES string of the molecule is COc1ccc([C@H](O)[C@H](CO)Oc2ccc(C=CCO)cc2OC)cc1OC. The number of hydrogen-bond acceptors (Lipinski definition) is 7. The van der Waals surface area contributed by atoms with E-state index < -0.39 is 18.8 Å². The molecule has 0 bridgehead atoms. The molecule has 0 aliphatic carbocycles. The molecule has 28 heavy (non-hydrogen) atoms. The summed E-state index contributed by atoms with van der Waals surface area (Å²) < 4.78 is 21.6. The lowest BCUT2D eigenvalue weighted by molar-refractivity contribution is -0.000517. The molecule has 0 aliphatic rings. The van der Waals surface area contributed by atoms with Crippen LogP contribution in [-0.2, 0) is 0 Å². The van der Waals surface area contributed by atoms with Crippen molar-refractivity contribution in [2.75, 3.05) is 34.5 Å². The van der Waals surface area contributed by atoms with Crippen molar-refractivity contribution in [3.63, 3.8) is 0 Å². The van der Waals surface area contributed by atoms with E-state index in [1.165, 1.54) is 21.3 Å². The molecule has 0 unspecified atom stereocenters. The molecule has 2 rings (SSSR count). The van der Waals surface area contributed by atoms with Gasteiger partial charge in [0, 0.05) is 0 Å². The van der Waals surface area contributed by atoms with E-state index in [0.717, 1.165) is 5.56 Å². The van der Waals surface area contributed by atoms with E-state index in [0.29, 0.717) is 28.6 Å². The zero-order valence-electron chi connectivity index (χ0n) is 16.2. The molecule has 0 radical (unpaired) electrons. The molecule has 7 nitrogen and oxygen atoms in total.